The van der Waals surface area contributed by atoms with Gasteiger partial charge in [-0.1, -0.05) is 5.16 Å². The van der Waals surface area contributed by atoms with Gasteiger partial charge in [0.05, 0.1) is 12.3 Å². The zero-order valence-corrected chi connectivity index (χ0v) is 17.4. The molecule has 0 saturated heterocycles. The van der Waals surface area contributed by atoms with Gasteiger partial charge in [0.15, 0.2) is 6.10 Å². The fourth-order valence-electron chi connectivity index (χ4n) is 2.70. The van der Waals surface area contributed by atoms with Crippen molar-refractivity contribution in [3.05, 3.63) is 42.1 Å². The fourth-order valence-corrected chi connectivity index (χ4v) is 2.70. The van der Waals surface area contributed by atoms with E-state index in [4.69, 9.17) is 19.6 Å². The third-order valence-corrected chi connectivity index (χ3v) is 4.03. The Bertz CT molecular complexity index is 1010. The summed E-state index contributed by atoms with van der Waals surface area (Å²) in [5.41, 5.74) is 1.15. The highest BCUT2D eigenvalue weighted by Gasteiger charge is 2.24. The molecule has 9 nitrogen and oxygen atoms in total. The number of aromatic nitrogens is 2. The molecular formula is C21H22FN5O4. The molecule has 3 heterocycles. The Kier molecular flexibility index (Phi) is 6.65. The topological polar surface area (TPSA) is 119 Å². The van der Waals surface area contributed by atoms with Crippen LogP contribution in [0.4, 0.5) is 9.18 Å². The van der Waals surface area contributed by atoms with E-state index in [9.17, 15) is 9.18 Å². The van der Waals surface area contributed by atoms with Gasteiger partial charge in [-0.25, -0.2) is 14.8 Å². The molecule has 1 N–H and O–H groups in total. The molecule has 1 unspecified atom stereocenters. The number of nitriles is 1. The van der Waals surface area contributed by atoms with Crippen LogP contribution in [-0.2, 0) is 9.57 Å². The maximum absolute atomic E-state index is 13.2. The molecule has 0 aromatic carbocycles. The van der Waals surface area contributed by atoms with Crippen LogP contribution >= 0.6 is 0 Å². The van der Waals surface area contributed by atoms with Crippen molar-refractivity contribution in [1.29, 1.82) is 5.26 Å². The second kappa shape index (κ2) is 9.38. The van der Waals surface area contributed by atoms with Gasteiger partial charge < -0.3 is 19.6 Å². The molecule has 0 saturated carbocycles. The minimum absolute atomic E-state index is 0.161. The molecule has 10 heteroatoms. The monoisotopic (exact) mass is 427 g/mol. The lowest BCUT2D eigenvalue weighted by molar-refractivity contribution is 0.0471. The van der Waals surface area contributed by atoms with E-state index in [1.54, 1.807) is 26.8 Å². The summed E-state index contributed by atoms with van der Waals surface area (Å²) >= 11 is 0. The van der Waals surface area contributed by atoms with Crippen LogP contribution in [-0.4, -0.2) is 46.6 Å². The van der Waals surface area contributed by atoms with Crippen LogP contribution in [0.5, 0.6) is 5.75 Å². The average molecular weight is 427 g/mol. The number of ether oxygens (including phenoxy) is 2. The summed E-state index contributed by atoms with van der Waals surface area (Å²) in [5.74, 6) is -0.219. The molecule has 2 aromatic rings. The largest absolute Gasteiger partial charge is 0.487 e. The Labute approximate surface area is 178 Å². The number of alkyl carbamates (subject to hydrolysis) is 1. The Hall–Kier alpha value is -3.74. The second-order valence-electron chi connectivity index (χ2n) is 7.78. The van der Waals surface area contributed by atoms with Gasteiger partial charge in [-0.2, -0.15) is 9.65 Å². The zero-order chi connectivity index (χ0) is 22.4. The molecule has 0 aliphatic carbocycles. The van der Waals surface area contributed by atoms with Gasteiger partial charge in [0.25, 0.3) is 0 Å². The first-order chi connectivity index (χ1) is 14.7. The van der Waals surface area contributed by atoms with Crippen LogP contribution in [0, 0.1) is 17.3 Å². The number of hydrogen-bond donors (Lipinski definition) is 1. The first kappa shape index (κ1) is 22.0. The van der Waals surface area contributed by atoms with Crippen molar-refractivity contribution in [2.45, 2.75) is 38.9 Å². The number of nitrogens with one attached hydrogen (secondary N) is 1. The number of carbonyl (C=O) groups is 1. The first-order valence-electron chi connectivity index (χ1n) is 9.58. The summed E-state index contributed by atoms with van der Waals surface area (Å²) in [6.45, 7) is 5.71. The van der Waals surface area contributed by atoms with Crippen LogP contribution in [0.25, 0.3) is 11.3 Å². The molecule has 0 radical (unpaired) electrons. The summed E-state index contributed by atoms with van der Waals surface area (Å²) in [5, 5.41) is 15.7. The molecule has 1 aliphatic rings. The predicted molar refractivity (Wildman–Crippen MR) is 109 cm³/mol. The van der Waals surface area contributed by atoms with E-state index in [0.717, 1.165) is 0 Å². The number of nitrogens with zero attached hydrogens (tertiary/aromatic N) is 4. The number of rotatable bonds is 6. The molecule has 0 fully saturated rings. The van der Waals surface area contributed by atoms with Gasteiger partial charge in [-0.15, -0.1) is 0 Å². The van der Waals surface area contributed by atoms with Gasteiger partial charge in [0.1, 0.15) is 35.4 Å². The number of hydrogen-bond acceptors (Lipinski definition) is 8. The molecule has 1 aliphatic heterocycles. The maximum Gasteiger partial charge on any atom is 0.407 e. The summed E-state index contributed by atoms with van der Waals surface area (Å²) in [4.78, 5) is 25.0. The smallest absolute Gasteiger partial charge is 0.407 e. The van der Waals surface area contributed by atoms with Crippen molar-refractivity contribution in [3.63, 3.8) is 0 Å². The molecule has 3 rings (SSSR count). The number of halogens is 1. The van der Waals surface area contributed by atoms with E-state index < -0.39 is 17.6 Å². The quantitative estimate of drug-likeness (QED) is 0.703. The minimum Gasteiger partial charge on any atom is -0.487 e. The third-order valence-electron chi connectivity index (χ3n) is 4.03. The maximum atomic E-state index is 13.2. The molecule has 1 atom stereocenters. The van der Waals surface area contributed by atoms with E-state index in [1.165, 1.54) is 24.4 Å². The number of pyridine rings is 2. The summed E-state index contributed by atoms with van der Waals surface area (Å²) < 4.78 is 24.2. The van der Waals surface area contributed by atoms with Gasteiger partial charge >= 0.3 is 6.09 Å². The van der Waals surface area contributed by atoms with Gasteiger partial charge in [-0.3, -0.25) is 0 Å². The Morgan fingerprint density at radius 2 is 2.16 bits per heavy atom. The lowest BCUT2D eigenvalue weighted by atomic mass is 10.1. The van der Waals surface area contributed by atoms with Gasteiger partial charge in [-0.05, 0) is 45.0 Å². The molecule has 1 amide bonds. The molecule has 0 spiro atoms. The lowest BCUT2D eigenvalue weighted by Crippen LogP contribution is -2.35. The van der Waals surface area contributed by atoms with Crippen molar-refractivity contribution in [1.82, 2.24) is 15.3 Å². The van der Waals surface area contributed by atoms with E-state index in [1.807, 2.05) is 6.07 Å². The molecule has 162 valence electrons. The van der Waals surface area contributed by atoms with Crippen molar-refractivity contribution in [2.75, 3.05) is 13.2 Å². The predicted octanol–water partition coefficient (Wildman–Crippen LogP) is 3.20. The van der Waals surface area contributed by atoms with Crippen LogP contribution in [0.1, 0.15) is 32.9 Å². The second-order valence-corrected chi connectivity index (χ2v) is 7.78. The molecule has 0 bridgehead atoms. The van der Waals surface area contributed by atoms with Crippen molar-refractivity contribution >= 4 is 11.8 Å². The zero-order valence-electron chi connectivity index (χ0n) is 17.4. The summed E-state index contributed by atoms with van der Waals surface area (Å²) in [6, 6.07) is 7.82. The summed E-state index contributed by atoms with van der Waals surface area (Å²) in [6.07, 6.45) is 0.898. The molecule has 31 heavy (non-hydrogen) atoms. The first-order valence-corrected chi connectivity index (χ1v) is 9.58. The molecular weight excluding hydrogens is 405 g/mol. The van der Waals surface area contributed by atoms with Crippen LogP contribution < -0.4 is 10.1 Å². The van der Waals surface area contributed by atoms with E-state index in [0.29, 0.717) is 29.1 Å². The van der Waals surface area contributed by atoms with Crippen molar-refractivity contribution in [3.8, 4) is 23.1 Å². The average Bonchev–Trinajstić information content (AvgIpc) is 3.18. The highest BCUT2D eigenvalue weighted by atomic mass is 19.1. The summed E-state index contributed by atoms with van der Waals surface area (Å²) in [7, 11) is 0. The van der Waals surface area contributed by atoms with Gasteiger partial charge in [0, 0.05) is 18.2 Å². The number of carbonyl (C=O) groups excluding carboxylic acids is 1. The third kappa shape index (κ3) is 6.37. The van der Waals surface area contributed by atoms with E-state index >= 15 is 0 Å². The Morgan fingerprint density at radius 3 is 2.84 bits per heavy atom. The van der Waals surface area contributed by atoms with Crippen molar-refractivity contribution < 1.29 is 23.5 Å². The van der Waals surface area contributed by atoms with Gasteiger partial charge in [0.2, 0.25) is 5.95 Å². The van der Waals surface area contributed by atoms with E-state index in [-0.39, 0.29) is 24.9 Å². The number of amides is 1. The normalized spacial score (nSPS) is 15.5. The van der Waals surface area contributed by atoms with Crippen LogP contribution in [0.3, 0.4) is 0 Å². The fraction of sp³-hybridized carbons (Fsp3) is 0.381. The van der Waals surface area contributed by atoms with E-state index in [2.05, 4.69) is 20.4 Å². The van der Waals surface area contributed by atoms with Crippen LogP contribution in [0.15, 0.2) is 35.6 Å². The SMILES string of the molecule is CC(C)(C)OC(=O)NCC1=NOC(COc2ccc(C#N)nc2-c2ccc(F)nc2)C1. The Balaban J connectivity index is 1.57. The standard InChI is InChI=1S/C21H22FN5O4/c1-21(2,3)30-20(28)25-11-15-8-16(31-27-15)12-29-17-6-5-14(9-23)26-19(17)13-4-7-18(22)24-10-13/h4-7,10,16H,8,11-12H2,1-3H3,(H,25,28). The Morgan fingerprint density at radius 1 is 1.35 bits per heavy atom. The van der Waals surface area contributed by atoms with Crippen LogP contribution in [0.2, 0.25) is 0 Å². The minimum atomic E-state index is -0.619. The highest BCUT2D eigenvalue weighted by molar-refractivity contribution is 5.89. The highest BCUT2D eigenvalue weighted by Crippen LogP contribution is 2.28. The lowest BCUT2D eigenvalue weighted by Gasteiger charge is -2.19. The number of oxime groups is 1. The van der Waals surface area contributed by atoms with Crippen molar-refractivity contribution in [2.24, 2.45) is 5.16 Å². The molecule has 2 aromatic heterocycles.